The van der Waals surface area contributed by atoms with Crippen molar-refractivity contribution in [3.63, 3.8) is 0 Å². The molecule has 0 atom stereocenters. The second-order valence-corrected chi connectivity index (χ2v) is 2.85. The Bertz CT molecular complexity index is 336. The van der Waals surface area contributed by atoms with Crippen LogP contribution in [0.2, 0.25) is 5.02 Å². The van der Waals surface area contributed by atoms with Crippen molar-refractivity contribution in [2.75, 3.05) is 7.11 Å². The normalized spacial score (nSPS) is 9.17. The fourth-order valence-corrected chi connectivity index (χ4v) is 1.23. The van der Waals surface area contributed by atoms with E-state index < -0.39 is 0 Å². The third-order valence-electron chi connectivity index (χ3n) is 1.56. The average Bonchev–Trinajstić information content (AvgIpc) is 2.08. The quantitative estimate of drug-likeness (QED) is 0.604. The van der Waals surface area contributed by atoms with Crippen LogP contribution < -0.4 is 4.74 Å². The Kier molecular flexibility index (Phi) is 2.62. The first-order valence-electron chi connectivity index (χ1n) is 3.49. The second-order valence-electron chi connectivity index (χ2n) is 2.47. The number of aryl methyl sites for hydroxylation is 1. The zero-order chi connectivity index (χ0) is 9.14. The zero-order valence-electron chi connectivity index (χ0n) is 7.02. The van der Waals surface area contributed by atoms with Crippen LogP contribution in [0.1, 0.15) is 11.1 Å². The van der Waals surface area contributed by atoms with Crippen molar-refractivity contribution in [1.82, 2.24) is 0 Å². The highest BCUT2D eigenvalue weighted by atomic mass is 35.5. The van der Waals surface area contributed by atoms with E-state index in [1.807, 2.05) is 19.1 Å². The Morgan fingerprint density at radius 1 is 1.50 bits per heavy atom. The summed E-state index contributed by atoms with van der Waals surface area (Å²) in [6, 6.07) is 3.70. The van der Waals surface area contributed by atoms with Crippen molar-refractivity contribution in [1.29, 1.82) is 0 Å². The predicted octanol–water partition coefficient (Wildman–Crippen LogP) is 2.64. The highest BCUT2D eigenvalue weighted by Crippen LogP contribution is 2.28. The van der Waals surface area contributed by atoms with Crippen molar-refractivity contribution in [2.24, 2.45) is 0 Å². The number of halogens is 1. The Hall–Kier alpha value is -1.13. The lowest BCUT2D eigenvalue weighted by Crippen LogP contribution is -1.88. The van der Waals surface area contributed by atoms with Crippen LogP contribution in [-0.4, -0.2) is 7.11 Å². The van der Waals surface area contributed by atoms with Gasteiger partial charge in [-0.05, 0) is 24.6 Å². The van der Waals surface area contributed by atoms with E-state index in [1.54, 1.807) is 7.11 Å². The molecule has 2 heteroatoms. The maximum absolute atomic E-state index is 5.91. The van der Waals surface area contributed by atoms with Crippen LogP contribution in [-0.2, 0) is 0 Å². The van der Waals surface area contributed by atoms with Gasteiger partial charge in [0.05, 0.1) is 12.1 Å². The lowest BCUT2D eigenvalue weighted by molar-refractivity contribution is 0.414. The average molecular weight is 181 g/mol. The summed E-state index contributed by atoms with van der Waals surface area (Å²) < 4.78 is 5.04. The molecule has 0 amide bonds. The maximum atomic E-state index is 5.91. The molecule has 0 saturated heterocycles. The van der Waals surface area contributed by atoms with Gasteiger partial charge >= 0.3 is 0 Å². The molecule has 0 radical (unpaired) electrons. The molecule has 1 aromatic rings. The Morgan fingerprint density at radius 3 is 2.67 bits per heavy atom. The molecule has 0 aromatic heterocycles. The van der Waals surface area contributed by atoms with Gasteiger partial charge in [0.15, 0.2) is 0 Å². The summed E-state index contributed by atoms with van der Waals surface area (Å²) in [5.41, 5.74) is 1.72. The molecule has 0 bridgehead atoms. The third kappa shape index (κ3) is 1.54. The zero-order valence-corrected chi connectivity index (χ0v) is 7.77. The molecule has 0 aliphatic rings. The molecular weight excluding hydrogens is 172 g/mol. The number of methoxy groups -OCH3 is 1. The molecule has 0 unspecified atom stereocenters. The lowest BCUT2D eigenvalue weighted by Gasteiger charge is -2.05. The largest absolute Gasteiger partial charge is 0.495 e. The van der Waals surface area contributed by atoms with Gasteiger partial charge < -0.3 is 4.74 Å². The molecule has 1 rings (SSSR count). The number of terminal acetylenes is 1. The predicted molar refractivity (Wildman–Crippen MR) is 50.7 cm³/mol. The van der Waals surface area contributed by atoms with Gasteiger partial charge in [0.2, 0.25) is 0 Å². The van der Waals surface area contributed by atoms with E-state index in [4.69, 9.17) is 22.8 Å². The summed E-state index contributed by atoms with van der Waals surface area (Å²) in [6.07, 6.45) is 5.25. The van der Waals surface area contributed by atoms with Crippen LogP contribution in [0.5, 0.6) is 5.75 Å². The van der Waals surface area contributed by atoms with E-state index >= 15 is 0 Å². The third-order valence-corrected chi connectivity index (χ3v) is 1.95. The van der Waals surface area contributed by atoms with Crippen molar-refractivity contribution in [3.8, 4) is 18.1 Å². The van der Waals surface area contributed by atoms with Gasteiger partial charge in [-0.25, -0.2) is 0 Å². The summed E-state index contributed by atoms with van der Waals surface area (Å²) in [5, 5.41) is 0.505. The molecule has 0 aliphatic heterocycles. The molecule has 12 heavy (non-hydrogen) atoms. The minimum absolute atomic E-state index is 0.505. The number of benzene rings is 1. The Balaban J connectivity index is 3.34. The van der Waals surface area contributed by atoms with Crippen LogP contribution in [0.4, 0.5) is 0 Å². The number of hydrogen-bond acceptors (Lipinski definition) is 1. The number of ether oxygens (including phenoxy) is 1. The minimum atomic E-state index is 0.505. The van der Waals surface area contributed by atoms with Gasteiger partial charge in [0.25, 0.3) is 0 Å². The molecule has 0 spiro atoms. The topological polar surface area (TPSA) is 9.23 Å². The molecule has 0 N–H and O–H groups in total. The summed E-state index contributed by atoms with van der Waals surface area (Å²) in [5.74, 6) is 3.13. The van der Waals surface area contributed by atoms with Gasteiger partial charge in [-0.1, -0.05) is 17.5 Å². The summed E-state index contributed by atoms with van der Waals surface area (Å²) in [4.78, 5) is 0. The second kappa shape index (κ2) is 3.51. The van der Waals surface area contributed by atoms with E-state index in [1.165, 1.54) is 0 Å². The Labute approximate surface area is 77.3 Å². The Morgan fingerprint density at radius 2 is 2.17 bits per heavy atom. The van der Waals surface area contributed by atoms with Crippen LogP contribution in [0.15, 0.2) is 12.1 Å². The molecular formula is C10H9ClO. The van der Waals surface area contributed by atoms with Crippen LogP contribution in [0.3, 0.4) is 0 Å². The van der Waals surface area contributed by atoms with Gasteiger partial charge in [-0.2, -0.15) is 0 Å². The van der Waals surface area contributed by atoms with E-state index in [2.05, 4.69) is 5.92 Å². The first kappa shape index (κ1) is 8.96. The summed E-state index contributed by atoms with van der Waals surface area (Å²) in [6.45, 7) is 1.94. The SMILES string of the molecule is C#Cc1cc(C)cc(OC)c1Cl. The van der Waals surface area contributed by atoms with Crippen molar-refractivity contribution in [3.05, 3.63) is 28.3 Å². The highest BCUT2D eigenvalue weighted by molar-refractivity contribution is 6.33. The number of rotatable bonds is 1. The molecule has 0 aliphatic carbocycles. The monoisotopic (exact) mass is 180 g/mol. The molecule has 0 saturated carbocycles. The minimum Gasteiger partial charge on any atom is -0.495 e. The molecule has 0 heterocycles. The molecule has 0 fully saturated rings. The standard InChI is InChI=1S/C10H9ClO/c1-4-8-5-7(2)6-9(12-3)10(8)11/h1,5-6H,2-3H3. The number of hydrogen-bond donors (Lipinski definition) is 0. The van der Waals surface area contributed by atoms with Gasteiger partial charge in [0.1, 0.15) is 5.75 Å². The van der Waals surface area contributed by atoms with E-state index in [9.17, 15) is 0 Å². The van der Waals surface area contributed by atoms with Crippen molar-refractivity contribution >= 4 is 11.6 Å². The molecule has 1 aromatic carbocycles. The van der Waals surface area contributed by atoms with Gasteiger partial charge in [-0.3, -0.25) is 0 Å². The fourth-order valence-electron chi connectivity index (χ4n) is 0.989. The van der Waals surface area contributed by atoms with Gasteiger partial charge in [0, 0.05) is 5.56 Å². The van der Waals surface area contributed by atoms with Crippen LogP contribution in [0.25, 0.3) is 0 Å². The first-order valence-corrected chi connectivity index (χ1v) is 3.87. The van der Waals surface area contributed by atoms with Crippen LogP contribution >= 0.6 is 11.6 Å². The van der Waals surface area contributed by atoms with Crippen molar-refractivity contribution in [2.45, 2.75) is 6.92 Å². The lowest BCUT2D eigenvalue weighted by atomic mass is 10.1. The van der Waals surface area contributed by atoms with Crippen LogP contribution in [0, 0.1) is 19.3 Å². The van der Waals surface area contributed by atoms with E-state index in [0.717, 1.165) is 5.56 Å². The summed E-state index contributed by atoms with van der Waals surface area (Å²) in [7, 11) is 1.57. The van der Waals surface area contributed by atoms with Crippen molar-refractivity contribution < 1.29 is 4.74 Å². The van der Waals surface area contributed by atoms with E-state index in [0.29, 0.717) is 16.3 Å². The molecule has 1 nitrogen and oxygen atoms in total. The highest BCUT2D eigenvalue weighted by Gasteiger charge is 2.05. The summed E-state index contributed by atoms with van der Waals surface area (Å²) >= 11 is 5.91. The van der Waals surface area contributed by atoms with Gasteiger partial charge in [-0.15, -0.1) is 6.42 Å². The fraction of sp³-hybridized carbons (Fsp3) is 0.200. The molecule has 62 valence electrons. The first-order chi connectivity index (χ1) is 5.69. The smallest absolute Gasteiger partial charge is 0.138 e. The van der Waals surface area contributed by atoms with E-state index in [-0.39, 0.29) is 0 Å². The maximum Gasteiger partial charge on any atom is 0.138 e.